The summed E-state index contributed by atoms with van der Waals surface area (Å²) in [6.45, 7) is 9.75. The number of ether oxygens (including phenoxy) is 2. The van der Waals surface area contributed by atoms with Gasteiger partial charge in [0.25, 0.3) is 0 Å². The number of hydrogen-bond donors (Lipinski definition) is 1. The lowest BCUT2D eigenvalue weighted by Gasteiger charge is -2.17. The zero-order valence-corrected chi connectivity index (χ0v) is 15.3. The second-order valence-electron chi connectivity index (χ2n) is 5.58. The average Bonchev–Trinajstić information content (AvgIpc) is 2.96. The van der Waals surface area contributed by atoms with E-state index >= 15 is 0 Å². The van der Waals surface area contributed by atoms with E-state index in [-0.39, 0.29) is 6.10 Å². The van der Waals surface area contributed by atoms with Crippen LogP contribution in [0.5, 0.6) is 11.5 Å². The molecule has 0 saturated heterocycles. The van der Waals surface area contributed by atoms with Gasteiger partial charge in [-0.05, 0) is 55.3 Å². The van der Waals surface area contributed by atoms with Crippen molar-refractivity contribution < 1.29 is 9.47 Å². The number of benzene rings is 1. The Bertz CT molecular complexity index is 660. The van der Waals surface area contributed by atoms with E-state index in [1.165, 1.54) is 0 Å². The summed E-state index contributed by atoms with van der Waals surface area (Å²) in [7, 11) is 0. The Morgan fingerprint density at radius 2 is 2.08 bits per heavy atom. The maximum Gasteiger partial charge on any atom is 0.243 e. The first-order valence-electron chi connectivity index (χ1n) is 8.17. The van der Waals surface area contributed by atoms with Crippen LogP contribution in [0.25, 0.3) is 0 Å². The SMILES string of the molecule is CCCn1nnnc1NCc1cc(Cl)c(OC(C)C)c(OCC)c1. The molecule has 2 rings (SSSR count). The number of hydrogen-bond acceptors (Lipinski definition) is 6. The molecule has 132 valence electrons. The van der Waals surface area contributed by atoms with Crippen molar-refractivity contribution in [2.75, 3.05) is 11.9 Å². The summed E-state index contributed by atoms with van der Waals surface area (Å²) in [5.41, 5.74) is 0.964. The summed E-state index contributed by atoms with van der Waals surface area (Å²) in [4.78, 5) is 0. The molecule has 0 atom stereocenters. The average molecular weight is 354 g/mol. The zero-order valence-electron chi connectivity index (χ0n) is 14.5. The monoisotopic (exact) mass is 353 g/mol. The lowest BCUT2D eigenvalue weighted by atomic mass is 10.2. The highest BCUT2D eigenvalue weighted by Crippen LogP contribution is 2.37. The summed E-state index contributed by atoms with van der Waals surface area (Å²) in [6, 6.07) is 3.79. The second kappa shape index (κ2) is 8.73. The minimum absolute atomic E-state index is 0.0179. The van der Waals surface area contributed by atoms with E-state index in [1.807, 2.05) is 32.9 Å². The van der Waals surface area contributed by atoms with E-state index in [0.29, 0.717) is 35.6 Å². The molecule has 1 N–H and O–H groups in total. The molecule has 0 unspecified atom stereocenters. The van der Waals surface area contributed by atoms with E-state index in [0.717, 1.165) is 18.5 Å². The number of rotatable bonds is 9. The van der Waals surface area contributed by atoms with Gasteiger partial charge in [-0.1, -0.05) is 23.6 Å². The highest BCUT2D eigenvalue weighted by molar-refractivity contribution is 6.32. The van der Waals surface area contributed by atoms with Gasteiger partial charge in [0.15, 0.2) is 11.5 Å². The van der Waals surface area contributed by atoms with E-state index < -0.39 is 0 Å². The van der Waals surface area contributed by atoms with Gasteiger partial charge in [-0.15, -0.1) is 0 Å². The van der Waals surface area contributed by atoms with Crippen molar-refractivity contribution in [2.24, 2.45) is 0 Å². The predicted molar refractivity (Wildman–Crippen MR) is 93.8 cm³/mol. The molecule has 0 fully saturated rings. The highest BCUT2D eigenvalue weighted by Gasteiger charge is 2.14. The van der Waals surface area contributed by atoms with Crippen molar-refractivity contribution >= 4 is 17.5 Å². The molecule has 0 aliphatic rings. The molecular formula is C16H24ClN5O2. The van der Waals surface area contributed by atoms with Gasteiger partial charge in [0, 0.05) is 13.1 Å². The minimum Gasteiger partial charge on any atom is -0.490 e. The summed E-state index contributed by atoms with van der Waals surface area (Å²) >= 11 is 6.38. The molecule has 0 radical (unpaired) electrons. The Hall–Kier alpha value is -2.02. The van der Waals surface area contributed by atoms with Crippen molar-refractivity contribution in [3.8, 4) is 11.5 Å². The number of nitrogens with zero attached hydrogens (tertiary/aromatic N) is 4. The van der Waals surface area contributed by atoms with Crippen molar-refractivity contribution in [1.29, 1.82) is 0 Å². The minimum atomic E-state index is 0.0179. The zero-order chi connectivity index (χ0) is 17.5. The topological polar surface area (TPSA) is 74.1 Å². The van der Waals surface area contributed by atoms with E-state index in [9.17, 15) is 0 Å². The first-order valence-corrected chi connectivity index (χ1v) is 8.54. The van der Waals surface area contributed by atoms with Crippen molar-refractivity contribution in [2.45, 2.75) is 53.3 Å². The smallest absolute Gasteiger partial charge is 0.243 e. The third-order valence-electron chi connectivity index (χ3n) is 3.14. The fourth-order valence-electron chi connectivity index (χ4n) is 2.21. The molecule has 0 spiro atoms. The van der Waals surface area contributed by atoms with Gasteiger partial charge < -0.3 is 14.8 Å². The van der Waals surface area contributed by atoms with Crippen LogP contribution in [-0.2, 0) is 13.1 Å². The Labute approximate surface area is 147 Å². The van der Waals surface area contributed by atoms with Crippen LogP contribution in [0.1, 0.15) is 39.7 Å². The van der Waals surface area contributed by atoms with Crippen LogP contribution < -0.4 is 14.8 Å². The first kappa shape index (κ1) is 18.3. The van der Waals surface area contributed by atoms with Crippen molar-refractivity contribution in [3.05, 3.63) is 22.7 Å². The maximum absolute atomic E-state index is 6.38. The van der Waals surface area contributed by atoms with Gasteiger partial charge in [0.05, 0.1) is 17.7 Å². The number of tetrazole rings is 1. The third-order valence-corrected chi connectivity index (χ3v) is 3.42. The summed E-state index contributed by atoms with van der Waals surface area (Å²) < 4.78 is 13.2. The molecule has 0 saturated carbocycles. The van der Waals surface area contributed by atoms with Crippen LogP contribution in [0.4, 0.5) is 5.95 Å². The van der Waals surface area contributed by atoms with Crippen LogP contribution in [0.2, 0.25) is 5.02 Å². The Kier molecular flexibility index (Phi) is 6.66. The third kappa shape index (κ3) is 4.74. The Morgan fingerprint density at radius 3 is 2.75 bits per heavy atom. The molecule has 0 amide bonds. The summed E-state index contributed by atoms with van der Waals surface area (Å²) in [6.07, 6.45) is 0.978. The van der Waals surface area contributed by atoms with E-state index in [1.54, 1.807) is 4.68 Å². The van der Waals surface area contributed by atoms with Crippen LogP contribution in [0, 0.1) is 0 Å². The first-order chi connectivity index (χ1) is 11.5. The number of anilines is 1. The molecule has 0 aliphatic heterocycles. The van der Waals surface area contributed by atoms with Gasteiger partial charge in [-0.2, -0.15) is 0 Å². The lowest BCUT2D eigenvalue weighted by molar-refractivity contribution is 0.224. The van der Waals surface area contributed by atoms with Crippen molar-refractivity contribution in [1.82, 2.24) is 20.2 Å². The molecule has 2 aromatic rings. The molecule has 1 aromatic heterocycles. The van der Waals surface area contributed by atoms with Crippen LogP contribution in [0.3, 0.4) is 0 Å². The number of aromatic nitrogens is 4. The molecular weight excluding hydrogens is 330 g/mol. The Morgan fingerprint density at radius 1 is 1.29 bits per heavy atom. The summed E-state index contributed by atoms with van der Waals surface area (Å²) in [5.74, 6) is 1.85. The van der Waals surface area contributed by atoms with Gasteiger partial charge in [-0.25, -0.2) is 4.68 Å². The maximum atomic E-state index is 6.38. The van der Waals surface area contributed by atoms with Gasteiger partial charge in [0.1, 0.15) is 0 Å². The molecule has 8 heteroatoms. The fourth-order valence-corrected chi connectivity index (χ4v) is 2.49. The van der Waals surface area contributed by atoms with Crippen molar-refractivity contribution in [3.63, 3.8) is 0 Å². The van der Waals surface area contributed by atoms with E-state index in [2.05, 4.69) is 27.8 Å². The largest absolute Gasteiger partial charge is 0.490 e. The quantitative estimate of drug-likeness (QED) is 0.743. The summed E-state index contributed by atoms with van der Waals surface area (Å²) in [5, 5.41) is 15.4. The molecule has 1 aromatic carbocycles. The van der Waals surface area contributed by atoms with Crippen LogP contribution in [0.15, 0.2) is 12.1 Å². The molecule has 7 nitrogen and oxygen atoms in total. The van der Waals surface area contributed by atoms with Gasteiger partial charge in [-0.3, -0.25) is 0 Å². The standard InChI is InChI=1S/C16H24ClN5O2/c1-5-7-22-16(19-20-21-22)18-10-12-8-13(17)15(24-11(3)4)14(9-12)23-6-2/h8-9,11H,5-7,10H2,1-4H3,(H,18,19,21). The number of aryl methyl sites for hydroxylation is 1. The normalized spacial score (nSPS) is 10.9. The highest BCUT2D eigenvalue weighted by atomic mass is 35.5. The molecule has 0 bridgehead atoms. The number of nitrogens with one attached hydrogen (secondary N) is 1. The van der Waals surface area contributed by atoms with Gasteiger partial charge in [0.2, 0.25) is 5.95 Å². The molecule has 24 heavy (non-hydrogen) atoms. The predicted octanol–water partition coefficient (Wildman–Crippen LogP) is 3.53. The Balaban J connectivity index is 2.16. The number of halogens is 1. The van der Waals surface area contributed by atoms with Crippen LogP contribution >= 0.6 is 11.6 Å². The fraction of sp³-hybridized carbons (Fsp3) is 0.562. The van der Waals surface area contributed by atoms with Gasteiger partial charge >= 0.3 is 0 Å². The molecule has 1 heterocycles. The van der Waals surface area contributed by atoms with E-state index in [4.69, 9.17) is 21.1 Å². The second-order valence-corrected chi connectivity index (χ2v) is 5.99. The lowest BCUT2D eigenvalue weighted by Crippen LogP contribution is -2.10. The van der Waals surface area contributed by atoms with Crippen LogP contribution in [-0.4, -0.2) is 32.9 Å². The molecule has 0 aliphatic carbocycles.